The summed E-state index contributed by atoms with van der Waals surface area (Å²) in [5, 5.41) is 0. The van der Waals surface area contributed by atoms with E-state index in [0.29, 0.717) is 0 Å². The highest BCUT2D eigenvalue weighted by Crippen LogP contribution is 2.36. The number of pyridine rings is 1. The maximum absolute atomic E-state index is 6.21. The predicted molar refractivity (Wildman–Crippen MR) is 57.2 cm³/mol. The molecule has 2 aliphatic rings. The van der Waals surface area contributed by atoms with Crippen LogP contribution < -0.4 is 5.73 Å². The second-order valence-electron chi connectivity index (χ2n) is 4.74. The molecule has 1 unspecified atom stereocenters. The summed E-state index contributed by atoms with van der Waals surface area (Å²) in [5.41, 5.74) is 12.6. The fourth-order valence-corrected chi connectivity index (χ4v) is 2.86. The molecule has 2 aliphatic carbocycles. The molecule has 0 aliphatic heterocycles. The largest absolute Gasteiger partial charge is 0.398 e. The molecule has 2 nitrogen and oxygen atoms in total. The fraction of sp³-hybridized carbons (Fsp3) is 0.583. The van der Waals surface area contributed by atoms with Crippen LogP contribution in [0.5, 0.6) is 0 Å². The third-order valence-corrected chi connectivity index (χ3v) is 3.55. The van der Waals surface area contributed by atoms with Crippen molar-refractivity contribution in [3.05, 3.63) is 22.5 Å². The Balaban J connectivity index is 2.19. The van der Waals surface area contributed by atoms with Gasteiger partial charge in [0.05, 0.1) is 0 Å². The van der Waals surface area contributed by atoms with Crippen molar-refractivity contribution < 1.29 is 0 Å². The molecule has 1 aromatic rings. The van der Waals surface area contributed by atoms with E-state index in [1.165, 1.54) is 28.9 Å². The standard InChI is InChI=1S/C12H16N2/c1-7-5-9-11(6-7)14-10-4-2-3-8(10)12(9)13/h7H,2-6H2,1H3,(H2,13,14). The Morgan fingerprint density at radius 2 is 2.00 bits per heavy atom. The minimum Gasteiger partial charge on any atom is -0.398 e. The summed E-state index contributed by atoms with van der Waals surface area (Å²) in [6.07, 6.45) is 5.80. The minimum atomic E-state index is 0.738. The van der Waals surface area contributed by atoms with E-state index in [9.17, 15) is 0 Å². The van der Waals surface area contributed by atoms with Crippen LogP contribution in [0.4, 0.5) is 5.69 Å². The first kappa shape index (κ1) is 8.27. The average molecular weight is 188 g/mol. The number of fused-ring (bicyclic) bond motifs is 2. The molecule has 1 aromatic heterocycles. The molecule has 0 amide bonds. The molecule has 14 heavy (non-hydrogen) atoms. The van der Waals surface area contributed by atoms with Gasteiger partial charge in [-0.1, -0.05) is 6.92 Å². The molecule has 0 bridgehead atoms. The Morgan fingerprint density at radius 1 is 1.14 bits per heavy atom. The lowest BCUT2D eigenvalue weighted by Crippen LogP contribution is -2.03. The van der Waals surface area contributed by atoms with E-state index in [1.54, 1.807) is 0 Å². The zero-order chi connectivity index (χ0) is 9.71. The van der Waals surface area contributed by atoms with E-state index >= 15 is 0 Å². The first-order valence-electron chi connectivity index (χ1n) is 5.54. The Hall–Kier alpha value is -1.05. The van der Waals surface area contributed by atoms with Crippen molar-refractivity contribution in [2.75, 3.05) is 5.73 Å². The summed E-state index contributed by atoms with van der Waals surface area (Å²) >= 11 is 0. The van der Waals surface area contributed by atoms with Crippen molar-refractivity contribution in [2.45, 2.75) is 39.0 Å². The first-order valence-corrected chi connectivity index (χ1v) is 5.54. The molecule has 0 fully saturated rings. The predicted octanol–water partition coefficient (Wildman–Crippen LogP) is 1.89. The van der Waals surface area contributed by atoms with Gasteiger partial charge < -0.3 is 5.73 Å². The van der Waals surface area contributed by atoms with Gasteiger partial charge >= 0.3 is 0 Å². The van der Waals surface area contributed by atoms with Crippen LogP contribution in [-0.2, 0) is 25.7 Å². The molecule has 2 N–H and O–H groups in total. The average Bonchev–Trinajstić information content (AvgIpc) is 2.71. The Bertz CT molecular complexity index is 396. The number of aromatic nitrogens is 1. The van der Waals surface area contributed by atoms with Crippen LogP contribution >= 0.6 is 0 Å². The van der Waals surface area contributed by atoms with Gasteiger partial charge in [-0.05, 0) is 49.1 Å². The van der Waals surface area contributed by atoms with E-state index < -0.39 is 0 Å². The lowest BCUT2D eigenvalue weighted by molar-refractivity contribution is 0.623. The Morgan fingerprint density at radius 3 is 2.86 bits per heavy atom. The summed E-state index contributed by atoms with van der Waals surface area (Å²) in [7, 11) is 0. The van der Waals surface area contributed by atoms with Crippen LogP contribution in [0.15, 0.2) is 0 Å². The van der Waals surface area contributed by atoms with Gasteiger partial charge in [0, 0.05) is 17.1 Å². The molecule has 1 heterocycles. The van der Waals surface area contributed by atoms with Crippen molar-refractivity contribution >= 4 is 5.69 Å². The molecule has 0 spiro atoms. The zero-order valence-corrected chi connectivity index (χ0v) is 8.64. The molecule has 0 saturated carbocycles. The third-order valence-electron chi connectivity index (χ3n) is 3.55. The monoisotopic (exact) mass is 188 g/mol. The van der Waals surface area contributed by atoms with Crippen molar-refractivity contribution in [3.8, 4) is 0 Å². The molecule has 2 heteroatoms. The number of nitrogen functional groups attached to an aromatic ring is 1. The van der Waals surface area contributed by atoms with Crippen LogP contribution in [0, 0.1) is 5.92 Å². The number of anilines is 1. The van der Waals surface area contributed by atoms with Crippen LogP contribution in [0.1, 0.15) is 35.9 Å². The van der Waals surface area contributed by atoms with E-state index in [1.807, 2.05) is 0 Å². The SMILES string of the molecule is CC1Cc2nc3c(c(N)c2C1)CCC3. The number of nitrogens with two attached hydrogens (primary N) is 1. The van der Waals surface area contributed by atoms with Crippen LogP contribution in [-0.4, -0.2) is 4.98 Å². The van der Waals surface area contributed by atoms with E-state index in [-0.39, 0.29) is 0 Å². The van der Waals surface area contributed by atoms with Crippen molar-refractivity contribution in [2.24, 2.45) is 5.92 Å². The second-order valence-corrected chi connectivity index (χ2v) is 4.74. The summed E-state index contributed by atoms with van der Waals surface area (Å²) in [4.78, 5) is 4.77. The highest BCUT2D eigenvalue weighted by atomic mass is 14.8. The van der Waals surface area contributed by atoms with Gasteiger partial charge in [0.2, 0.25) is 0 Å². The van der Waals surface area contributed by atoms with Gasteiger partial charge in [-0.25, -0.2) is 0 Å². The highest BCUT2D eigenvalue weighted by molar-refractivity contribution is 5.60. The molecular weight excluding hydrogens is 172 g/mol. The summed E-state index contributed by atoms with van der Waals surface area (Å²) in [5.74, 6) is 0.738. The number of hydrogen-bond acceptors (Lipinski definition) is 2. The van der Waals surface area contributed by atoms with E-state index in [0.717, 1.165) is 37.3 Å². The molecule has 0 aromatic carbocycles. The topological polar surface area (TPSA) is 38.9 Å². The quantitative estimate of drug-likeness (QED) is 0.675. The lowest BCUT2D eigenvalue weighted by atomic mass is 10.1. The van der Waals surface area contributed by atoms with Gasteiger partial charge in [0.1, 0.15) is 0 Å². The van der Waals surface area contributed by atoms with Crippen LogP contribution in [0.25, 0.3) is 0 Å². The number of hydrogen-bond donors (Lipinski definition) is 1. The van der Waals surface area contributed by atoms with E-state index in [4.69, 9.17) is 10.7 Å². The smallest absolute Gasteiger partial charge is 0.0462 e. The fourth-order valence-electron chi connectivity index (χ4n) is 2.86. The second kappa shape index (κ2) is 2.72. The summed E-state index contributed by atoms with van der Waals surface area (Å²) in [6.45, 7) is 2.28. The highest BCUT2D eigenvalue weighted by Gasteiger charge is 2.26. The molecule has 0 saturated heterocycles. The normalized spacial score (nSPS) is 23.6. The molecule has 3 rings (SSSR count). The maximum atomic E-state index is 6.21. The lowest BCUT2D eigenvalue weighted by Gasteiger charge is -2.08. The van der Waals surface area contributed by atoms with Crippen molar-refractivity contribution in [1.29, 1.82) is 0 Å². The van der Waals surface area contributed by atoms with Gasteiger partial charge in [-0.3, -0.25) is 4.98 Å². The molecule has 1 atom stereocenters. The van der Waals surface area contributed by atoms with Crippen molar-refractivity contribution in [3.63, 3.8) is 0 Å². The zero-order valence-electron chi connectivity index (χ0n) is 8.64. The van der Waals surface area contributed by atoms with Gasteiger partial charge in [-0.2, -0.15) is 0 Å². The van der Waals surface area contributed by atoms with E-state index in [2.05, 4.69) is 6.92 Å². The maximum Gasteiger partial charge on any atom is 0.0462 e. The first-order chi connectivity index (χ1) is 6.75. The number of nitrogens with zero attached hydrogens (tertiary/aromatic N) is 1. The van der Waals surface area contributed by atoms with Crippen LogP contribution in [0.2, 0.25) is 0 Å². The van der Waals surface area contributed by atoms with Gasteiger partial charge in [0.15, 0.2) is 0 Å². The molecular formula is C12H16N2. The van der Waals surface area contributed by atoms with Gasteiger partial charge in [-0.15, -0.1) is 0 Å². The number of rotatable bonds is 0. The summed E-state index contributed by atoms with van der Waals surface area (Å²) < 4.78 is 0. The molecule has 0 radical (unpaired) electrons. The summed E-state index contributed by atoms with van der Waals surface area (Å²) in [6, 6.07) is 0. The number of aryl methyl sites for hydroxylation is 1. The Labute approximate surface area is 84.5 Å². The molecule has 74 valence electrons. The van der Waals surface area contributed by atoms with Crippen molar-refractivity contribution in [1.82, 2.24) is 4.98 Å². The Kier molecular flexibility index (Phi) is 1.61. The minimum absolute atomic E-state index is 0.738. The third kappa shape index (κ3) is 0.999. The van der Waals surface area contributed by atoms with Gasteiger partial charge in [0.25, 0.3) is 0 Å². The van der Waals surface area contributed by atoms with Crippen LogP contribution in [0.3, 0.4) is 0 Å².